The van der Waals surface area contributed by atoms with Gasteiger partial charge in [0.15, 0.2) is 0 Å². The molecule has 0 unspecified atom stereocenters. The molecule has 4 rings (SSSR count). The second-order valence-electron chi connectivity index (χ2n) is 8.23. The van der Waals surface area contributed by atoms with Gasteiger partial charge in [-0.25, -0.2) is 18.2 Å². The number of aromatic nitrogens is 2. The number of ether oxygens (including phenoxy) is 1. The molecule has 2 aliphatic rings. The lowest BCUT2D eigenvalue weighted by Crippen LogP contribution is -2.43. The van der Waals surface area contributed by atoms with Crippen molar-refractivity contribution in [3.8, 4) is 0 Å². The number of nitrogens with one attached hydrogen (secondary N) is 1. The first kappa shape index (κ1) is 21.8. The summed E-state index contributed by atoms with van der Waals surface area (Å²) in [6.45, 7) is 3.91. The molecule has 2 fully saturated rings. The molecule has 0 radical (unpaired) electrons. The van der Waals surface area contributed by atoms with E-state index in [4.69, 9.17) is 4.74 Å². The number of benzene rings is 1. The molecule has 1 saturated heterocycles. The molecule has 31 heavy (non-hydrogen) atoms. The van der Waals surface area contributed by atoms with Gasteiger partial charge in [0.05, 0.1) is 30.3 Å². The number of nitrogens with zero attached hydrogens (tertiary/aromatic N) is 3. The molecule has 1 saturated carbocycles. The van der Waals surface area contributed by atoms with E-state index in [9.17, 15) is 13.2 Å². The van der Waals surface area contributed by atoms with E-state index in [1.165, 1.54) is 0 Å². The zero-order valence-corrected chi connectivity index (χ0v) is 18.7. The summed E-state index contributed by atoms with van der Waals surface area (Å²) in [5.41, 5.74) is 1.48. The van der Waals surface area contributed by atoms with Crippen LogP contribution in [0, 0.1) is 0 Å². The van der Waals surface area contributed by atoms with E-state index in [1.807, 2.05) is 29.7 Å². The van der Waals surface area contributed by atoms with Gasteiger partial charge in [-0.1, -0.05) is 30.3 Å². The first-order valence-electron chi connectivity index (χ1n) is 10.9. The van der Waals surface area contributed by atoms with Crippen molar-refractivity contribution in [3.63, 3.8) is 0 Å². The quantitative estimate of drug-likeness (QED) is 0.639. The summed E-state index contributed by atoms with van der Waals surface area (Å²) < 4.78 is 33.9. The van der Waals surface area contributed by atoms with Gasteiger partial charge >= 0.3 is 6.03 Å². The highest BCUT2D eigenvalue weighted by molar-refractivity contribution is 7.90. The standard InChI is InChI=1S/C22H30N4O4S/c1-2-23-21(27)25(15-20-9-6-12-30-20)14-19-13-24-22(26(19)18-10-11-18)31(28,29)16-17-7-4-3-5-8-17/h3-5,7-8,13,18,20H,2,6,9-12,14-16H2,1H3,(H,23,27)/t20-/m0/s1. The lowest BCUT2D eigenvalue weighted by molar-refractivity contribution is 0.0789. The van der Waals surface area contributed by atoms with Crippen LogP contribution < -0.4 is 5.32 Å². The molecule has 1 aromatic heterocycles. The highest BCUT2D eigenvalue weighted by Crippen LogP contribution is 2.39. The van der Waals surface area contributed by atoms with Crippen LogP contribution in [0.3, 0.4) is 0 Å². The zero-order chi connectivity index (χ0) is 21.8. The Bertz CT molecular complexity index is 996. The minimum absolute atomic E-state index is 0.0150. The minimum atomic E-state index is -3.61. The molecule has 1 aliphatic heterocycles. The van der Waals surface area contributed by atoms with Gasteiger partial charge in [0.1, 0.15) is 0 Å². The van der Waals surface area contributed by atoms with Crippen LogP contribution >= 0.6 is 0 Å². The van der Waals surface area contributed by atoms with Crippen molar-refractivity contribution in [3.05, 3.63) is 47.8 Å². The minimum Gasteiger partial charge on any atom is -0.376 e. The molecular weight excluding hydrogens is 416 g/mol. The van der Waals surface area contributed by atoms with E-state index in [0.717, 1.165) is 43.5 Å². The van der Waals surface area contributed by atoms with Gasteiger partial charge in [0.2, 0.25) is 15.0 Å². The van der Waals surface area contributed by atoms with Crippen molar-refractivity contribution in [1.82, 2.24) is 19.8 Å². The molecular formula is C22H30N4O4S. The number of sulfone groups is 1. The maximum absolute atomic E-state index is 13.2. The van der Waals surface area contributed by atoms with Crippen LogP contribution in [0.15, 0.2) is 41.7 Å². The molecule has 1 N–H and O–H groups in total. The number of amides is 2. The van der Waals surface area contributed by atoms with Gasteiger partial charge in [-0.05, 0) is 38.2 Å². The highest BCUT2D eigenvalue weighted by atomic mass is 32.2. The third-order valence-electron chi connectivity index (χ3n) is 5.65. The van der Waals surface area contributed by atoms with Crippen molar-refractivity contribution in [2.24, 2.45) is 0 Å². The van der Waals surface area contributed by atoms with Crippen LogP contribution in [-0.4, -0.2) is 54.7 Å². The van der Waals surface area contributed by atoms with E-state index < -0.39 is 9.84 Å². The van der Waals surface area contributed by atoms with Crippen molar-refractivity contribution < 1.29 is 17.9 Å². The monoisotopic (exact) mass is 446 g/mol. The number of imidazole rings is 1. The molecule has 1 aliphatic carbocycles. The molecule has 0 bridgehead atoms. The number of rotatable bonds is 9. The fourth-order valence-electron chi connectivity index (χ4n) is 4.02. The van der Waals surface area contributed by atoms with Crippen molar-refractivity contribution in [2.75, 3.05) is 19.7 Å². The Morgan fingerprint density at radius 3 is 2.68 bits per heavy atom. The fourth-order valence-corrected chi connectivity index (χ4v) is 5.56. The summed E-state index contributed by atoms with van der Waals surface area (Å²) in [6.07, 6.45) is 5.39. The molecule has 2 heterocycles. The van der Waals surface area contributed by atoms with Crippen LogP contribution in [0.5, 0.6) is 0 Å². The normalized spacial score (nSPS) is 18.8. The predicted octanol–water partition coefficient (Wildman–Crippen LogP) is 2.90. The second kappa shape index (κ2) is 9.40. The van der Waals surface area contributed by atoms with Crippen LogP contribution in [0.2, 0.25) is 0 Å². The maximum atomic E-state index is 13.2. The number of carbonyl (C=O) groups excluding carboxylic acids is 1. The molecule has 0 spiro atoms. The Morgan fingerprint density at radius 2 is 2.03 bits per heavy atom. The van der Waals surface area contributed by atoms with Gasteiger partial charge in [-0.3, -0.25) is 0 Å². The van der Waals surface area contributed by atoms with E-state index in [2.05, 4.69) is 10.3 Å². The summed E-state index contributed by atoms with van der Waals surface area (Å²) in [4.78, 5) is 18.7. The predicted molar refractivity (Wildman–Crippen MR) is 116 cm³/mol. The zero-order valence-electron chi connectivity index (χ0n) is 17.9. The molecule has 2 aromatic rings. The van der Waals surface area contributed by atoms with Crippen LogP contribution in [-0.2, 0) is 26.9 Å². The molecule has 1 atom stereocenters. The Morgan fingerprint density at radius 1 is 1.26 bits per heavy atom. The lowest BCUT2D eigenvalue weighted by atomic mass is 10.2. The van der Waals surface area contributed by atoms with Crippen molar-refractivity contribution in [1.29, 1.82) is 0 Å². The summed E-state index contributed by atoms with van der Waals surface area (Å²) in [7, 11) is -3.61. The maximum Gasteiger partial charge on any atom is 0.317 e. The molecule has 8 nitrogen and oxygen atoms in total. The van der Waals surface area contributed by atoms with Crippen LogP contribution in [0.4, 0.5) is 4.79 Å². The number of carbonyl (C=O) groups is 1. The molecule has 168 valence electrons. The number of hydrogen-bond acceptors (Lipinski definition) is 5. The first-order chi connectivity index (χ1) is 15.0. The van der Waals surface area contributed by atoms with E-state index >= 15 is 0 Å². The largest absolute Gasteiger partial charge is 0.376 e. The van der Waals surface area contributed by atoms with Crippen LogP contribution in [0.1, 0.15) is 49.9 Å². The van der Waals surface area contributed by atoms with Gasteiger partial charge in [0.25, 0.3) is 0 Å². The van der Waals surface area contributed by atoms with E-state index in [0.29, 0.717) is 19.6 Å². The third kappa shape index (κ3) is 5.27. The first-order valence-corrected chi connectivity index (χ1v) is 12.6. The van der Waals surface area contributed by atoms with Gasteiger partial charge in [0, 0.05) is 25.7 Å². The van der Waals surface area contributed by atoms with Crippen molar-refractivity contribution in [2.45, 2.75) is 62.2 Å². The third-order valence-corrected chi connectivity index (χ3v) is 7.22. The molecule has 9 heteroatoms. The van der Waals surface area contributed by atoms with Gasteiger partial charge in [-0.2, -0.15) is 0 Å². The topological polar surface area (TPSA) is 93.5 Å². The number of urea groups is 1. The Hall–Kier alpha value is -2.39. The summed E-state index contributed by atoms with van der Waals surface area (Å²) in [5, 5.41) is 2.96. The lowest BCUT2D eigenvalue weighted by Gasteiger charge is -2.26. The number of hydrogen-bond donors (Lipinski definition) is 1. The molecule has 2 amide bonds. The van der Waals surface area contributed by atoms with E-state index in [1.54, 1.807) is 23.2 Å². The van der Waals surface area contributed by atoms with Crippen LogP contribution in [0.25, 0.3) is 0 Å². The van der Waals surface area contributed by atoms with Gasteiger partial charge < -0.3 is 19.5 Å². The highest BCUT2D eigenvalue weighted by Gasteiger charge is 2.34. The smallest absolute Gasteiger partial charge is 0.317 e. The van der Waals surface area contributed by atoms with Crippen molar-refractivity contribution >= 4 is 15.9 Å². The summed E-state index contributed by atoms with van der Waals surface area (Å²) in [6, 6.07) is 9.09. The average molecular weight is 447 g/mol. The van der Waals surface area contributed by atoms with E-state index in [-0.39, 0.29) is 29.1 Å². The Kier molecular flexibility index (Phi) is 6.62. The average Bonchev–Trinajstić information content (AvgIpc) is 3.27. The van der Waals surface area contributed by atoms with Gasteiger partial charge in [-0.15, -0.1) is 0 Å². The second-order valence-corrected chi connectivity index (χ2v) is 10.1. The SMILES string of the molecule is CCNC(=O)N(Cc1cnc(S(=O)(=O)Cc2ccccc2)n1C1CC1)C[C@@H]1CCCO1. The molecule has 1 aromatic carbocycles. The summed E-state index contributed by atoms with van der Waals surface area (Å²) >= 11 is 0. The fraction of sp³-hybridized carbons (Fsp3) is 0.545. The Balaban J connectivity index is 1.59. The summed E-state index contributed by atoms with van der Waals surface area (Å²) in [5.74, 6) is -0.0903. The Labute approximate surface area is 183 Å².